The monoisotopic (exact) mass is 234 g/mol. The average molecular weight is 234 g/mol. The van der Waals surface area contributed by atoms with Crippen molar-refractivity contribution in [2.75, 3.05) is 0 Å². The van der Waals surface area contributed by atoms with Gasteiger partial charge in [0.25, 0.3) is 0 Å². The van der Waals surface area contributed by atoms with E-state index in [1.165, 1.54) is 44.1 Å². The molecule has 1 rings (SSSR count). The molecular formula is C17H30. The summed E-state index contributed by atoms with van der Waals surface area (Å²) in [5.41, 5.74) is 1.53. The first-order valence-electron chi connectivity index (χ1n) is 7.34. The summed E-state index contributed by atoms with van der Waals surface area (Å²) in [4.78, 5) is 0. The zero-order chi connectivity index (χ0) is 12.9. The normalized spacial score (nSPS) is 19.2. The fourth-order valence-electron chi connectivity index (χ4n) is 2.34. The van der Waals surface area contributed by atoms with Gasteiger partial charge >= 0.3 is 0 Å². The molecule has 1 aliphatic rings. The van der Waals surface area contributed by atoms with Crippen LogP contribution < -0.4 is 0 Å². The quantitative estimate of drug-likeness (QED) is 0.411. The molecule has 0 spiro atoms. The Bertz CT molecular complexity index is 235. The molecule has 0 aromatic rings. The van der Waals surface area contributed by atoms with Crippen LogP contribution >= 0.6 is 0 Å². The summed E-state index contributed by atoms with van der Waals surface area (Å²) < 4.78 is 0. The summed E-state index contributed by atoms with van der Waals surface area (Å²) >= 11 is 0. The van der Waals surface area contributed by atoms with E-state index in [0.29, 0.717) is 0 Å². The highest BCUT2D eigenvalue weighted by Crippen LogP contribution is 2.29. The average Bonchev–Trinajstić information content (AvgIpc) is 2.66. The molecule has 0 heterocycles. The summed E-state index contributed by atoms with van der Waals surface area (Å²) in [5.74, 6) is 0.805. The van der Waals surface area contributed by atoms with Crippen molar-refractivity contribution in [1.82, 2.24) is 0 Å². The van der Waals surface area contributed by atoms with Crippen LogP contribution in [-0.2, 0) is 0 Å². The minimum Gasteiger partial charge on any atom is -0.0877 e. The fraction of sp³-hybridized carbons (Fsp3) is 0.647. The van der Waals surface area contributed by atoms with Gasteiger partial charge in [0.2, 0.25) is 0 Å². The van der Waals surface area contributed by atoms with Crippen LogP contribution in [0.15, 0.2) is 36.0 Å². The predicted octanol–water partition coefficient (Wildman–Crippen LogP) is 6.06. The van der Waals surface area contributed by atoms with Crippen LogP contribution in [0, 0.1) is 5.92 Å². The summed E-state index contributed by atoms with van der Waals surface area (Å²) in [6.07, 6.45) is 19.5. The van der Waals surface area contributed by atoms with Crippen LogP contribution in [-0.4, -0.2) is 0 Å². The lowest BCUT2D eigenvalue weighted by atomic mass is 9.91. The van der Waals surface area contributed by atoms with Crippen molar-refractivity contribution in [3.8, 4) is 0 Å². The van der Waals surface area contributed by atoms with E-state index in [1.807, 2.05) is 13.8 Å². The van der Waals surface area contributed by atoms with Crippen LogP contribution in [0.2, 0.25) is 0 Å². The second-order valence-electron chi connectivity index (χ2n) is 4.38. The van der Waals surface area contributed by atoms with Crippen molar-refractivity contribution in [3.63, 3.8) is 0 Å². The van der Waals surface area contributed by atoms with Gasteiger partial charge in [-0.25, -0.2) is 0 Å². The summed E-state index contributed by atoms with van der Waals surface area (Å²) in [6, 6.07) is 0. The summed E-state index contributed by atoms with van der Waals surface area (Å²) in [5, 5.41) is 0. The second-order valence-corrected chi connectivity index (χ2v) is 4.38. The van der Waals surface area contributed by atoms with Crippen LogP contribution in [0.3, 0.4) is 0 Å². The Morgan fingerprint density at radius 3 is 1.94 bits per heavy atom. The number of hydrogen-bond acceptors (Lipinski definition) is 0. The van der Waals surface area contributed by atoms with Gasteiger partial charge < -0.3 is 0 Å². The Labute approximate surface area is 109 Å². The van der Waals surface area contributed by atoms with E-state index in [-0.39, 0.29) is 0 Å². The highest BCUT2D eigenvalue weighted by atomic mass is 14.2. The van der Waals surface area contributed by atoms with E-state index >= 15 is 0 Å². The van der Waals surface area contributed by atoms with E-state index in [9.17, 15) is 0 Å². The van der Waals surface area contributed by atoms with E-state index in [0.717, 1.165) is 5.92 Å². The molecule has 1 saturated carbocycles. The fourth-order valence-corrected chi connectivity index (χ4v) is 2.34. The number of rotatable bonds is 3. The lowest BCUT2D eigenvalue weighted by Crippen LogP contribution is -2.00. The minimum absolute atomic E-state index is 0.805. The van der Waals surface area contributed by atoms with Crippen molar-refractivity contribution in [2.45, 2.75) is 66.2 Å². The molecule has 0 saturated heterocycles. The van der Waals surface area contributed by atoms with Gasteiger partial charge in [0.15, 0.2) is 0 Å². The molecule has 98 valence electrons. The summed E-state index contributed by atoms with van der Waals surface area (Å²) in [7, 11) is 0. The topological polar surface area (TPSA) is 0 Å². The first kappa shape index (κ1) is 16.2. The molecule has 0 aliphatic heterocycles. The van der Waals surface area contributed by atoms with Crippen LogP contribution in [0.25, 0.3) is 0 Å². The van der Waals surface area contributed by atoms with Crippen molar-refractivity contribution >= 4 is 0 Å². The Hall–Kier alpha value is -0.780. The van der Waals surface area contributed by atoms with Crippen LogP contribution in [0.4, 0.5) is 0 Å². The van der Waals surface area contributed by atoms with E-state index in [2.05, 4.69) is 44.2 Å². The maximum absolute atomic E-state index is 2.29. The van der Waals surface area contributed by atoms with Crippen molar-refractivity contribution in [2.24, 2.45) is 5.92 Å². The minimum atomic E-state index is 0.805. The molecule has 0 aromatic heterocycles. The Morgan fingerprint density at radius 2 is 1.47 bits per heavy atom. The Kier molecular flexibility index (Phi) is 11.2. The largest absolute Gasteiger partial charge is 0.0877 e. The predicted molar refractivity (Wildman–Crippen MR) is 80.3 cm³/mol. The molecule has 0 radical (unpaired) electrons. The van der Waals surface area contributed by atoms with Gasteiger partial charge in [-0.05, 0) is 38.2 Å². The molecule has 0 nitrogen and oxygen atoms in total. The van der Waals surface area contributed by atoms with E-state index in [4.69, 9.17) is 0 Å². The Balaban J connectivity index is 0.00000121. The van der Waals surface area contributed by atoms with Crippen LogP contribution in [0.5, 0.6) is 0 Å². The van der Waals surface area contributed by atoms with Crippen molar-refractivity contribution in [3.05, 3.63) is 36.0 Å². The van der Waals surface area contributed by atoms with Crippen molar-refractivity contribution < 1.29 is 0 Å². The molecule has 0 amide bonds. The zero-order valence-electron chi connectivity index (χ0n) is 12.2. The first-order chi connectivity index (χ1) is 8.38. The second kappa shape index (κ2) is 11.7. The van der Waals surface area contributed by atoms with Crippen molar-refractivity contribution in [1.29, 1.82) is 0 Å². The highest BCUT2D eigenvalue weighted by Gasteiger charge is 2.14. The lowest BCUT2D eigenvalue weighted by molar-refractivity contribution is 0.540. The maximum Gasteiger partial charge on any atom is -0.0162 e. The van der Waals surface area contributed by atoms with Gasteiger partial charge in [-0.3, -0.25) is 0 Å². The van der Waals surface area contributed by atoms with Gasteiger partial charge in [-0.1, -0.05) is 69.9 Å². The SMILES string of the molecule is CC.C\C=C/C(=C\C=C\C)C1CCCCCC1. The molecule has 0 bridgehead atoms. The lowest BCUT2D eigenvalue weighted by Gasteiger charge is -2.15. The number of allylic oxidation sites excluding steroid dienone is 6. The van der Waals surface area contributed by atoms with Gasteiger partial charge in [-0.2, -0.15) is 0 Å². The standard InChI is InChI=1S/C15H24.C2H6/c1-3-5-11-14(10-4-2)15-12-8-6-7-9-13-15;1-2/h3-5,10-11,15H,6-9,12-13H2,1-2H3;1-2H3/b5-3+,10-4-,14-11+;. The first-order valence-corrected chi connectivity index (χ1v) is 7.34. The third-order valence-corrected chi connectivity index (χ3v) is 3.17. The van der Waals surface area contributed by atoms with Crippen LogP contribution in [0.1, 0.15) is 66.2 Å². The molecule has 1 fully saturated rings. The third-order valence-electron chi connectivity index (χ3n) is 3.17. The number of hydrogen-bond donors (Lipinski definition) is 0. The molecule has 0 unspecified atom stereocenters. The van der Waals surface area contributed by atoms with Gasteiger partial charge in [0.1, 0.15) is 0 Å². The Morgan fingerprint density at radius 1 is 0.882 bits per heavy atom. The summed E-state index contributed by atoms with van der Waals surface area (Å²) in [6.45, 7) is 8.19. The molecule has 0 N–H and O–H groups in total. The van der Waals surface area contributed by atoms with Gasteiger partial charge in [0.05, 0.1) is 0 Å². The van der Waals surface area contributed by atoms with E-state index < -0.39 is 0 Å². The highest BCUT2D eigenvalue weighted by molar-refractivity contribution is 5.26. The maximum atomic E-state index is 2.29. The van der Waals surface area contributed by atoms with E-state index in [1.54, 1.807) is 0 Å². The molecule has 0 atom stereocenters. The zero-order valence-corrected chi connectivity index (χ0v) is 12.2. The van der Waals surface area contributed by atoms with Gasteiger partial charge in [-0.15, -0.1) is 0 Å². The molecule has 0 heteroatoms. The molecular weight excluding hydrogens is 204 g/mol. The smallest absolute Gasteiger partial charge is 0.0162 e. The third kappa shape index (κ3) is 7.20. The molecule has 1 aliphatic carbocycles. The molecule has 17 heavy (non-hydrogen) atoms. The molecule has 0 aromatic carbocycles. The van der Waals surface area contributed by atoms with Gasteiger partial charge in [0, 0.05) is 0 Å².